The first-order valence-electron chi connectivity index (χ1n) is 8.60. The summed E-state index contributed by atoms with van der Waals surface area (Å²) in [6.45, 7) is 11.2. The smallest absolute Gasteiger partial charge is 0.0234 e. The summed E-state index contributed by atoms with van der Waals surface area (Å²) >= 11 is 0. The van der Waals surface area contributed by atoms with Crippen LogP contribution < -0.4 is 0 Å². The summed E-state index contributed by atoms with van der Waals surface area (Å²) < 4.78 is 0. The van der Waals surface area contributed by atoms with E-state index in [-0.39, 0.29) is 0 Å². The van der Waals surface area contributed by atoms with E-state index in [0.717, 1.165) is 32.1 Å². The minimum Gasteiger partial charge on any atom is -0.308 e. The van der Waals surface area contributed by atoms with Crippen molar-refractivity contribution in [1.82, 2.24) is 9.80 Å². The Morgan fingerprint density at radius 2 is 1.77 bits per heavy atom. The van der Waals surface area contributed by atoms with Crippen molar-refractivity contribution in [3.8, 4) is 0 Å². The first kappa shape index (κ1) is 18.9. The second-order valence-electron chi connectivity index (χ2n) is 6.60. The average molecular weight is 303 g/mol. The third-order valence-corrected chi connectivity index (χ3v) is 4.40. The summed E-state index contributed by atoms with van der Waals surface area (Å²) in [5.41, 5.74) is 1.41. The van der Waals surface area contributed by atoms with E-state index in [9.17, 15) is 0 Å². The number of benzene rings is 1. The molecule has 2 atom stereocenters. The molecule has 0 aliphatic carbocycles. The number of nitrogens with zero attached hydrogens (tertiary/aromatic N) is 2. The maximum atomic E-state index is 2.60. The highest BCUT2D eigenvalue weighted by Crippen LogP contribution is 2.19. The Kier molecular flexibility index (Phi) is 9.10. The highest BCUT2D eigenvalue weighted by Gasteiger charge is 2.17. The molecule has 0 N–H and O–H groups in total. The van der Waals surface area contributed by atoms with Gasteiger partial charge in [0.1, 0.15) is 0 Å². The molecular formula is C20H34N2. The Balaban J connectivity index is 2.74. The molecule has 2 unspecified atom stereocenters. The molecule has 22 heavy (non-hydrogen) atoms. The van der Waals surface area contributed by atoms with Crippen molar-refractivity contribution in [3.63, 3.8) is 0 Å². The van der Waals surface area contributed by atoms with Crippen LogP contribution in [-0.2, 0) is 6.54 Å². The summed E-state index contributed by atoms with van der Waals surface area (Å²) in [6, 6.07) is 10.8. The molecule has 0 bridgehead atoms. The number of hydrogen-bond donors (Lipinski definition) is 0. The van der Waals surface area contributed by atoms with E-state index in [1.54, 1.807) is 0 Å². The van der Waals surface area contributed by atoms with Gasteiger partial charge in [-0.05, 0) is 38.4 Å². The zero-order chi connectivity index (χ0) is 16.4. The van der Waals surface area contributed by atoms with Crippen LogP contribution in [0.4, 0.5) is 0 Å². The van der Waals surface area contributed by atoms with Crippen LogP contribution in [-0.4, -0.2) is 43.5 Å². The van der Waals surface area contributed by atoms with Crippen LogP contribution in [0, 0.1) is 11.8 Å². The van der Waals surface area contributed by atoms with E-state index in [1.165, 1.54) is 12.0 Å². The van der Waals surface area contributed by atoms with Gasteiger partial charge in [0.15, 0.2) is 0 Å². The Morgan fingerprint density at radius 1 is 1.09 bits per heavy atom. The molecule has 0 amide bonds. The maximum Gasteiger partial charge on any atom is 0.0234 e. The highest BCUT2D eigenvalue weighted by atomic mass is 15.2. The summed E-state index contributed by atoms with van der Waals surface area (Å²) in [7, 11) is 4.30. The lowest BCUT2D eigenvalue weighted by atomic mass is 9.90. The van der Waals surface area contributed by atoms with Crippen molar-refractivity contribution in [3.05, 3.63) is 48.0 Å². The Morgan fingerprint density at radius 3 is 2.32 bits per heavy atom. The lowest BCUT2D eigenvalue weighted by Gasteiger charge is -2.30. The highest BCUT2D eigenvalue weighted by molar-refractivity contribution is 5.14. The minimum atomic E-state index is 0.640. The van der Waals surface area contributed by atoms with Crippen molar-refractivity contribution in [1.29, 1.82) is 0 Å². The largest absolute Gasteiger partial charge is 0.308 e. The lowest BCUT2D eigenvalue weighted by molar-refractivity contribution is 0.193. The second kappa shape index (κ2) is 10.6. The van der Waals surface area contributed by atoms with Gasteiger partial charge in [0.25, 0.3) is 0 Å². The Labute approximate surface area is 137 Å². The SMILES string of the molecule is C/C=C\C(CN(CCN(C)C)Cc1ccccc1)C(C)CC. The summed E-state index contributed by atoms with van der Waals surface area (Å²) in [5.74, 6) is 1.37. The number of hydrogen-bond acceptors (Lipinski definition) is 2. The first-order chi connectivity index (χ1) is 10.6. The van der Waals surface area contributed by atoms with Gasteiger partial charge in [-0.1, -0.05) is 62.8 Å². The lowest BCUT2D eigenvalue weighted by Crippen LogP contribution is -2.36. The molecule has 1 rings (SSSR count). The normalized spacial score (nSPS) is 14.9. The molecular weight excluding hydrogens is 268 g/mol. The predicted octanol–water partition coefficient (Wildman–Crippen LogP) is 4.29. The molecule has 0 aliphatic heterocycles. The molecule has 1 aromatic carbocycles. The molecule has 2 nitrogen and oxygen atoms in total. The van der Waals surface area contributed by atoms with Gasteiger partial charge in [0.2, 0.25) is 0 Å². The predicted molar refractivity (Wildman–Crippen MR) is 98.0 cm³/mol. The fourth-order valence-corrected chi connectivity index (χ4v) is 2.70. The molecule has 124 valence electrons. The quantitative estimate of drug-likeness (QED) is 0.595. The van der Waals surface area contributed by atoms with Crippen LogP contribution in [0.3, 0.4) is 0 Å². The van der Waals surface area contributed by atoms with Gasteiger partial charge >= 0.3 is 0 Å². The van der Waals surface area contributed by atoms with Crippen molar-refractivity contribution < 1.29 is 0 Å². The van der Waals surface area contributed by atoms with Crippen LogP contribution in [0.5, 0.6) is 0 Å². The van der Waals surface area contributed by atoms with Crippen LogP contribution in [0.2, 0.25) is 0 Å². The maximum absolute atomic E-state index is 2.60. The molecule has 0 spiro atoms. The van der Waals surface area contributed by atoms with Gasteiger partial charge in [-0.2, -0.15) is 0 Å². The average Bonchev–Trinajstić information content (AvgIpc) is 2.52. The zero-order valence-corrected chi connectivity index (χ0v) is 15.1. The first-order valence-corrected chi connectivity index (χ1v) is 8.60. The van der Waals surface area contributed by atoms with Gasteiger partial charge in [-0.3, -0.25) is 4.90 Å². The summed E-state index contributed by atoms with van der Waals surface area (Å²) in [5, 5.41) is 0. The molecule has 0 saturated heterocycles. The topological polar surface area (TPSA) is 6.48 Å². The molecule has 0 aliphatic rings. The third kappa shape index (κ3) is 7.24. The molecule has 0 fully saturated rings. The monoisotopic (exact) mass is 302 g/mol. The van der Waals surface area contributed by atoms with Crippen LogP contribution >= 0.6 is 0 Å². The number of rotatable bonds is 10. The van der Waals surface area contributed by atoms with E-state index >= 15 is 0 Å². The zero-order valence-electron chi connectivity index (χ0n) is 15.1. The van der Waals surface area contributed by atoms with Crippen LogP contribution in [0.25, 0.3) is 0 Å². The minimum absolute atomic E-state index is 0.640. The molecule has 0 saturated carbocycles. The van der Waals surface area contributed by atoms with E-state index in [1.807, 2.05) is 0 Å². The van der Waals surface area contributed by atoms with Crippen molar-refractivity contribution >= 4 is 0 Å². The van der Waals surface area contributed by atoms with E-state index in [2.05, 4.69) is 87.2 Å². The fourth-order valence-electron chi connectivity index (χ4n) is 2.70. The Hall–Kier alpha value is -1.12. The summed E-state index contributed by atoms with van der Waals surface area (Å²) in [6.07, 6.45) is 5.84. The fraction of sp³-hybridized carbons (Fsp3) is 0.600. The molecule has 0 radical (unpaired) electrons. The van der Waals surface area contributed by atoms with Crippen LogP contribution in [0.1, 0.15) is 32.8 Å². The number of allylic oxidation sites excluding steroid dienone is 1. The molecule has 0 heterocycles. The number of likely N-dealkylation sites (N-methyl/N-ethyl adjacent to an activating group) is 1. The van der Waals surface area contributed by atoms with E-state index < -0.39 is 0 Å². The van der Waals surface area contributed by atoms with Crippen molar-refractivity contribution in [2.45, 2.75) is 33.7 Å². The van der Waals surface area contributed by atoms with Gasteiger partial charge in [0, 0.05) is 26.2 Å². The Bertz CT molecular complexity index is 411. The van der Waals surface area contributed by atoms with Crippen molar-refractivity contribution in [2.24, 2.45) is 11.8 Å². The van der Waals surface area contributed by atoms with E-state index in [0.29, 0.717) is 5.92 Å². The molecule has 2 heteroatoms. The summed E-state index contributed by atoms with van der Waals surface area (Å²) in [4.78, 5) is 4.87. The van der Waals surface area contributed by atoms with E-state index in [4.69, 9.17) is 0 Å². The van der Waals surface area contributed by atoms with Gasteiger partial charge in [0.05, 0.1) is 0 Å². The second-order valence-corrected chi connectivity index (χ2v) is 6.60. The molecule has 1 aromatic rings. The van der Waals surface area contributed by atoms with Gasteiger partial charge in [-0.25, -0.2) is 0 Å². The standard InChI is InChI=1S/C20H34N2/c1-6-11-20(18(3)7-2)17-22(15-14-21(4)5)16-19-12-9-8-10-13-19/h6,8-13,18,20H,7,14-17H2,1-5H3/b11-6-. The van der Waals surface area contributed by atoms with Gasteiger partial charge in [-0.15, -0.1) is 0 Å². The molecule has 0 aromatic heterocycles. The van der Waals surface area contributed by atoms with Gasteiger partial charge < -0.3 is 4.90 Å². The van der Waals surface area contributed by atoms with Crippen LogP contribution in [0.15, 0.2) is 42.5 Å². The third-order valence-electron chi connectivity index (χ3n) is 4.40. The van der Waals surface area contributed by atoms with Crippen molar-refractivity contribution in [2.75, 3.05) is 33.7 Å².